The topological polar surface area (TPSA) is 59.8 Å². The Morgan fingerprint density at radius 3 is 2.66 bits per heavy atom. The molecule has 0 aliphatic heterocycles. The molecule has 1 amide bonds. The van der Waals surface area contributed by atoms with E-state index >= 15 is 0 Å². The lowest BCUT2D eigenvalue weighted by Crippen LogP contribution is -2.12. The van der Waals surface area contributed by atoms with E-state index in [2.05, 4.69) is 24.1 Å². The maximum absolute atomic E-state index is 13.4. The molecule has 150 valence electrons. The van der Waals surface area contributed by atoms with Gasteiger partial charge in [-0.1, -0.05) is 13.8 Å². The van der Waals surface area contributed by atoms with Crippen molar-refractivity contribution >= 4 is 11.7 Å². The monoisotopic (exact) mass is 392 g/mol. The minimum absolute atomic E-state index is 0.00594. The third kappa shape index (κ3) is 4.88. The van der Waals surface area contributed by atoms with Crippen molar-refractivity contribution in [2.24, 2.45) is 11.8 Å². The van der Waals surface area contributed by atoms with Crippen molar-refractivity contribution < 1.29 is 9.18 Å². The van der Waals surface area contributed by atoms with Gasteiger partial charge in [0.2, 0.25) is 5.91 Å². The van der Waals surface area contributed by atoms with Crippen LogP contribution >= 0.6 is 0 Å². The number of nitrogens with zero attached hydrogens (tertiary/aromatic N) is 3. The zero-order valence-electron chi connectivity index (χ0n) is 16.7. The van der Waals surface area contributed by atoms with Gasteiger partial charge in [0.1, 0.15) is 17.3 Å². The van der Waals surface area contributed by atoms with E-state index in [4.69, 9.17) is 5.10 Å². The molecule has 1 aliphatic carbocycles. The van der Waals surface area contributed by atoms with Crippen molar-refractivity contribution in [3.05, 3.63) is 54.6 Å². The van der Waals surface area contributed by atoms with Crippen LogP contribution in [-0.4, -0.2) is 20.7 Å². The van der Waals surface area contributed by atoms with Gasteiger partial charge in [0.15, 0.2) is 0 Å². The normalized spacial score (nSPS) is 13.7. The lowest BCUT2D eigenvalue weighted by molar-refractivity contribution is -0.116. The molecule has 1 aromatic carbocycles. The van der Waals surface area contributed by atoms with E-state index in [0.29, 0.717) is 24.1 Å². The Morgan fingerprint density at radius 2 is 1.97 bits per heavy atom. The van der Waals surface area contributed by atoms with Crippen molar-refractivity contribution in [3.63, 3.8) is 0 Å². The lowest BCUT2D eigenvalue weighted by Gasteiger charge is -2.07. The van der Waals surface area contributed by atoms with Crippen LogP contribution in [0.5, 0.6) is 0 Å². The number of amides is 1. The van der Waals surface area contributed by atoms with E-state index in [1.807, 2.05) is 23.0 Å². The quantitative estimate of drug-likeness (QED) is 0.605. The van der Waals surface area contributed by atoms with Gasteiger partial charge < -0.3 is 5.32 Å². The van der Waals surface area contributed by atoms with Crippen LogP contribution < -0.4 is 5.32 Å². The molecule has 5 nitrogen and oxygen atoms in total. The zero-order valence-corrected chi connectivity index (χ0v) is 16.7. The van der Waals surface area contributed by atoms with Crippen molar-refractivity contribution in [1.82, 2.24) is 14.8 Å². The average Bonchev–Trinajstić information content (AvgIpc) is 3.39. The molecule has 6 heteroatoms. The third-order valence-electron chi connectivity index (χ3n) is 4.94. The number of aromatic nitrogens is 3. The van der Waals surface area contributed by atoms with E-state index in [0.717, 1.165) is 41.8 Å². The van der Waals surface area contributed by atoms with Crippen LogP contribution in [0.3, 0.4) is 0 Å². The molecule has 0 spiro atoms. The summed E-state index contributed by atoms with van der Waals surface area (Å²) in [4.78, 5) is 16.4. The number of carbonyl (C=O) groups is 1. The van der Waals surface area contributed by atoms with Crippen LogP contribution in [-0.2, 0) is 11.3 Å². The standard InChI is InChI=1S/C23H25FN4O/c1-15(2)13-28-14-20(23(27-28)17-5-7-19(24)8-6-17)18-9-10-25-21(12-18)26-22(29)11-16-3-4-16/h5-10,12,14-16H,3-4,11,13H2,1-2H3,(H,25,26,29). The SMILES string of the molecule is CC(C)Cn1cc(-c2ccnc(NC(=O)CC3CC3)c2)c(-c2ccc(F)cc2)n1. The van der Waals surface area contributed by atoms with Crippen molar-refractivity contribution in [3.8, 4) is 22.4 Å². The van der Waals surface area contributed by atoms with Crippen LogP contribution in [0.25, 0.3) is 22.4 Å². The predicted octanol–water partition coefficient (Wildman–Crippen LogP) is 5.15. The number of anilines is 1. The summed E-state index contributed by atoms with van der Waals surface area (Å²) in [6.45, 7) is 5.06. The van der Waals surface area contributed by atoms with Gasteiger partial charge in [-0.25, -0.2) is 9.37 Å². The van der Waals surface area contributed by atoms with Gasteiger partial charge in [-0.2, -0.15) is 5.10 Å². The molecular formula is C23H25FN4O. The van der Waals surface area contributed by atoms with E-state index < -0.39 is 0 Å². The highest BCUT2D eigenvalue weighted by Gasteiger charge is 2.24. The highest BCUT2D eigenvalue weighted by atomic mass is 19.1. The second kappa shape index (κ2) is 8.15. The summed E-state index contributed by atoms with van der Waals surface area (Å²) in [6.07, 6.45) is 6.52. The molecule has 4 rings (SSSR count). The maximum Gasteiger partial charge on any atom is 0.225 e. The second-order valence-electron chi connectivity index (χ2n) is 8.14. The van der Waals surface area contributed by atoms with Crippen molar-refractivity contribution in [1.29, 1.82) is 0 Å². The molecule has 1 fully saturated rings. The molecule has 3 aromatic rings. The van der Waals surface area contributed by atoms with Crippen LogP contribution in [0.15, 0.2) is 48.8 Å². The highest BCUT2D eigenvalue weighted by Crippen LogP contribution is 2.34. The minimum Gasteiger partial charge on any atom is -0.311 e. The fourth-order valence-electron chi connectivity index (χ4n) is 3.37. The number of halogens is 1. The summed E-state index contributed by atoms with van der Waals surface area (Å²) >= 11 is 0. The summed E-state index contributed by atoms with van der Waals surface area (Å²) in [5.41, 5.74) is 3.47. The molecule has 1 saturated carbocycles. The van der Waals surface area contributed by atoms with Gasteiger partial charge in [0.25, 0.3) is 0 Å². The summed E-state index contributed by atoms with van der Waals surface area (Å²) in [6, 6.07) is 10.1. The van der Waals surface area contributed by atoms with E-state index in [-0.39, 0.29) is 11.7 Å². The number of hydrogen-bond donors (Lipinski definition) is 1. The van der Waals surface area contributed by atoms with E-state index in [1.165, 1.54) is 12.1 Å². The van der Waals surface area contributed by atoms with E-state index in [9.17, 15) is 9.18 Å². The molecule has 1 aliphatic rings. The first-order chi connectivity index (χ1) is 14.0. The van der Waals surface area contributed by atoms with Gasteiger partial charge in [-0.05, 0) is 66.6 Å². The Hall–Kier alpha value is -3.02. The van der Waals surface area contributed by atoms with Crippen molar-refractivity contribution in [2.75, 3.05) is 5.32 Å². The highest BCUT2D eigenvalue weighted by molar-refractivity contribution is 5.91. The fraction of sp³-hybridized carbons (Fsp3) is 0.348. The summed E-state index contributed by atoms with van der Waals surface area (Å²) in [5, 5.41) is 7.65. The molecule has 0 saturated heterocycles. The fourth-order valence-corrected chi connectivity index (χ4v) is 3.37. The molecular weight excluding hydrogens is 367 g/mol. The molecule has 29 heavy (non-hydrogen) atoms. The average molecular weight is 392 g/mol. The third-order valence-corrected chi connectivity index (χ3v) is 4.94. The van der Waals surface area contributed by atoms with Gasteiger partial charge in [-0.15, -0.1) is 0 Å². The Labute approximate surface area is 170 Å². The maximum atomic E-state index is 13.4. The summed E-state index contributed by atoms with van der Waals surface area (Å²) in [7, 11) is 0. The number of hydrogen-bond acceptors (Lipinski definition) is 3. The largest absolute Gasteiger partial charge is 0.311 e. The van der Waals surface area contributed by atoms with Gasteiger partial charge in [0, 0.05) is 36.5 Å². The van der Waals surface area contributed by atoms with Gasteiger partial charge >= 0.3 is 0 Å². The molecule has 2 aromatic heterocycles. The first-order valence-corrected chi connectivity index (χ1v) is 10.1. The Balaban J connectivity index is 1.67. The second-order valence-corrected chi connectivity index (χ2v) is 8.14. The van der Waals surface area contributed by atoms with Crippen LogP contribution in [0.1, 0.15) is 33.1 Å². The van der Waals surface area contributed by atoms with Crippen molar-refractivity contribution in [2.45, 2.75) is 39.7 Å². The van der Waals surface area contributed by atoms with Gasteiger partial charge in [0.05, 0.1) is 0 Å². The molecule has 0 unspecified atom stereocenters. The molecule has 0 radical (unpaired) electrons. The molecule has 0 bridgehead atoms. The number of nitrogens with one attached hydrogen (secondary N) is 1. The number of benzene rings is 1. The zero-order chi connectivity index (χ0) is 20.4. The summed E-state index contributed by atoms with van der Waals surface area (Å²) in [5.74, 6) is 1.23. The molecule has 0 atom stereocenters. The van der Waals surface area contributed by atoms with Crippen LogP contribution in [0.4, 0.5) is 10.2 Å². The Morgan fingerprint density at radius 1 is 1.21 bits per heavy atom. The molecule has 1 N–H and O–H groups in total. The number of rotatable bonds is 7. The molecule has 2 heterocycles. The minimum atomic E-state index is -0.276. The Kier molecular flexibility index (Phi) is 5.43. The Bertz CT molecular complexity index is 1010. The first-order valence-electron chi connectivity index (χ1n) is 10.1. The predicted molar refractivity (Wildman–Crippen MR) is 112 cm³/mol. The summed E-state index contributed by atoms with van der Waals surface area (Å²) < 4.78 is 15.3. The van der Waals surface area contributed by atoms with E-state index in [1.54, 1.807) is 18.3 Å². The van der Waals surface area contributed by atoms with Crippen LogP contribution in [0.2, 0.25) is 0 Å². The smallest absolute Gasteiger partial charge is 0.225 e. The van der Waals surface area contributed by atoms with Gasteiger partial charge in [-0.3, -0.25) is 9.48 Å². The van der Waals surface area contributed by atoms with Crippen LogP contribution in [0, 0.1) is 17.7 Å². The number of carbonyl (C=O) groups excluding carboxylic acids is 1. The lowest BCUT2D eigenvalue weighted by atomic mass is 10.0. The first kappa shape index (κ1) is 19.3. The number of pyridine rings is 1.